The van der Waals surface area contributed by atoms with Crippen LogP contribution in [0.5, 0.6) is 11.5 Å². The quantitative estimate of drug-likeness (QED) is 0.305. The van der Waals surface area contributed by atoms with Crippen molar-refractivity contribution in [1.29, 1.82) is 0 Å². The smallest absolute Gasteiger partial charge is 0.415 e. The Hall–Kier alpha value is -3.02. The van der Waals surface area contributed by atoms with Crippen molar-refractivity contribution >= 4 is 23.7 Å². The number of nitrogens with zero attached hydrogens (tertiary/aromatic N) is 1. The number of amides is 1. The van der Waals surface area contributed by atoms with Crippen LogP contribution in [0.15, 0.2) is 48.5 Å². The molecular formula is C25H29ClF3NO7. The van der Waals surface area contributed by atoms with Gasteiger partial charge in [-0.05, 0) is 43.2 Å². The summed E-state index contributed by atoms with van der Waals surface area (Å²) in [5, 5.41) is 9.44. The Kier molecular flexibility index (Phi) is 12.5. The fraction of sp³-hybridized carbons (Fsp3) is 0.440. The summed E-state index contributed by atoms with van der Waals surface area (Å²) < 4.78 is 57.6. The minimum atomic E-state index is -4.43. The van der Waals surface area contributed by atoms with Crippen LogP contribution >= 0.6 is 11.6 Å². The lowest BCUT2D eigenvalue weighted by Gasteiger charge is -2.22. The van der Waals surface area contributed by atoms with Gasteiger partial charge in [0.05, 0.1) is 11.6 Å². The van der Waals surface area contributed by atoms with Crippen LogP contribution in [0, 0.1) is 0 Å². The lowest BCUT2D eigenvalue weighted by atomic mass is 10.1. The lowest BCUT2D eigenvalue weighted by molar-refractivity contribution is -0.174. The molecule has 8 nitrogen and oxygen atoms in total. The second-order valence-electron chi connectivity index (χ2n) is 7.79. The molecule has 0 aliphatic rings. The molecule has 0 fully saturated rings. The number of para-hydroxylation sites is 1. The van der Waals surface area contributed by atoms with E-state index in [0.29, 0.717) is 5.75 Å². The van der Waals surface area contributed by atoms with Gasteiger partial charge >= 0.3 is 18.2 Å². The van der Waals surface area contributed by atoms with Crippen LogP contribution in [0.2, 0.25) is 5.02 Å². The zero-order valence-electron chi connectivity index (χ0n) is 20.2. The second-order valence-corrected chi connectivity index (χ2v) is 8.19. The number of halogens is 4. The standard InChI is InChI=1S/C25H29ClF3NO7/c1-2-35-22(23(31)32)16-18-8-10-19(11-9-18)36-15-13-30(12-5-14-34-17-25(27,28)29)24(33)37-21-7-4-3-6-20(21)26/h3-4,6-11,22H,2,5,12-17H2,1H3,(H,31,32). The molecule has 0 aliphatic heterocycles. The fourth-order valence-electron chi connectivity index (χ4n) is 3.15. The van der Waals surface area contributed by atoms with E-state index in [1.54, 1.807) is 49.4 Å². The SMILES string of the molecule is CCOC(Cc1ccc(OCCN(CCCOCC(F)(F)F)C(=O)Oc2ccccc2Cl)cc1)C(=O)O. The number of aliphatic carboxylic acids is 1. The van der Waals surface area contributed by atoms with Crippen LogP contribution in [-0.2, 0) is 20.7 Å². The summed E-state index contributed by atoms with van der Waals surface area (Å²) in [6.07, 6.45) is -5.77. The molecule has 1 amide bonds. The molecule has 0 saturated heterocycles. The van der Waals surface area contributed by atoms with Crippen LogP contribution < -0.4 is 9.47 Å². The maximum Gasteiger partial charge on any atom is 0.415 e. The van der Waals surface area contributed by atoms with E-state index in [-0.39, 0.29) is 56.5 Å². The van der Waals surface area contributed by atoms with Gasteiger partial charge in [-0.1, -0.05) is 35.9 Å². The van der Waals surface area contributed by atoms with Crippen molar-refractivity contribution in [2.45, 2.75) is 32.0 Å². The summed E-state index contributed by atoms with van der Waals surface area (Å²) in [5.74, 6) is -0.412. The number of alkyl halides is 3. The summed E-state index contributed by atoms with van der Waals surface area (Å²) in [7, 11) is 0. The van der Waals surface area contributed by atoms with E-state index in [9.17, 15) is 27.9 Å². The molecule has 0 saturated carbocycles. The first-order chi connectivity index (χ1) is 17.6. The van der Waals surface area contributed by atoms with Gasteiger partial charge in [-0.25, -0.2) is 9.59 Å². The van der Waals surface area contributed by atoms with Crippen molar-refractivity contribution in [2.24, 2.45) is 0 Å². The highest BCUT2D eigenvalue weighted by atomic mass is 35.5. The molecule has 12 heteroatoms. The van der Waals surface area contributed by atoms with E-state index in [4.69, 9.17) is 25.8 Å². The third-order valence-electron chi connectivity index (χ3n) is 4.89. The Morgan fingerprint density at radius 1 is 1.05 bits per heavy atom. The third kappa shape index (κ3) is 11.7. The van der Waals surface area contributed by atoms with Gasteiger partial charge in [-0.15, -0.1) is 0 Å². The highest BCUT2D eigenvalue weighted by Crippen LogP contribution is 2.24. The van der Waals surface area contributed by atoms with E-state index in [2.05, 4.69) is 4.74 Å². The summed E-state index contributed by atoms with van der Waals surface area (Å²) in [6.45, 7) is 0.646. The van der Waals surface area contributed by atoms with Gasteiger partial charge in [0.15, 0.2) is 11.9 Å². The average Bonchev–Trinajstić information content (AvgIpc) is 2.84. The summed E-state index contributed by atoms with van der Waals surface area (Å²) in [5.41, 5.74) is 0.747. The number of benzene rings is 2. The number of carboxylic acid groups (broad SMARTS) is 1. The van der Waals surface area contributed by atoms with Crippen LogP contribution in [0.4, 0.5) is 18.0 Å². The van der Waals surface area contributed by atoms with Crippen molar-refractivity contribution < 1.29 is 46.8 Å². The first-order valence-electron chi connectivity index (χ1n) is 11.5. The van der Waals surface area contributed by atoms with Crippen molar-refractivity contribution in [3.05, 3.63) is 59.1 Å². The summed E-state index contributed by atoms with van der Waals surface area (Å²) in [6, 6.07) is 13.1. The molecule has 2 aromatic carbocycles. The van der Waals surface area contributed by atoms with E-state index < -0.39 is 30.9 Å². The minimum Gasteiger partial charge on any atom is -0.492 e. The maximum absolute atomic E-state index is 12.7. The summed E-state index contributed by atoms with van der Waals surface area (Å²) >= 11 is 6.04. The Bertz CT molecular complexity index is 989. The molecule has 1 atom stereocenters. The monoisotopic (exact) mass is 547 g/mol. The molecule has 0 radical (unpaired) electrons. The molecule has 0 aliphatic carbocycles. The molecule has 0 bridgehead atoms. The number of carbonyl (C=O) groups excluding carboxylic acids is 1. The molecular weight excluding hydrogens is 519 g/mol. The van der Waals surface area contributed by atoms with Crippen LogP contribution in [0.25, 0.3) is 0 Å². The predicted octanol–water partition coefficient (Wildman–Crippen LogP) is 5.22. The minimum absolute atomic E-state index is 0.0665. The Labute approximate surface area is 217 Å². The van der Waals surface area contributed by atoms with E-state index in [1.807, 2.05) is 0 Å². The Morgan fingerprint density at radius 2 is 1.76 bits per heavy atom. The molecule has 2 rings (SSSR count). The van der Waals surface area contributed by atoms with E-state index in [0.717, 1.165) is 5.56 Å². The van der Waals surface area contributed by atoms with Gasteiger partial charge < -0.3 is 29.0 Å². The number of hydrogen-bond acceptors (Lipinski definition) is 6. The number of carbonyl (C=O) groups is 2. The van der Waals surface area contributed by atoms with Crippen molar-refractivity contribution in [1.82, 2.24) is 4.90 Å². The normalized spacial score (nSPS) is 12.1. The number of hydrogen-bond donors (Lipinski definition) is 1. The highest BCUT2D eigenvalue weighted by Gasteiger charge is 2.27. The highest BCUT2D eigenvalue weighted by molar-refractivity contribution is 6.32. The van der Waals surface area contributed by atoms with Crippen LogP contribution in [-0.4, -0.2) is 73.9 Å². The molecule has 0 heterocycles. The largest absolute Gasteiger partial charge is 0.492 e. The number of rotatable bonds is 15. The Balaban J connectivity index is 1.92. The van der Waals surface area contributed by atoms with E-state index >= 15 is 0 Å². The molecule has 37 heavy (non-hydrogen) atoms. The van der Waals surface area contributed by atoms with Gasteiger partial charge in [-0.2, -0.15) is 13.2 Å². The molecule has 1 N–H and O–H groups in total. The Morgan fingerprint density at radius 3 is 2.38 bits per heavy atom. The van der Waals surface area contributed by atoms with Gasteiger partial charge in [0.1, 0.15) is 19.0 Å². The summed E-state index contributed by atoms with van der Waals surface area (Å²) in [4.78, 5) is 25.2. The predicted molar refractivity (Wildman–Crippen MR) is 129 cm³/mol. The second kappa shape index (κ2) is 15.3. The van der Waals surface area contributed by atoms with E-state index in [1.165, 1.54) is 11.0 Å². The van der Waals surface area contributed by atoms with Gasteiger partial charge in [0.25, 0.3) is 0 Å². The first kappa shape index (κ1) is 30.2. The zero-order chi connectivity index (χ0) is 27.3. The first-order valence-corrected chi connectivity index (χ1v) is 11.9. The molecule has 0 spiro atoms. The topological polar surface area (TPSA) is 94.5 Å². The third-order valence-corrected chi connectivity index (χ3v) is 5.20. The average molecular weight is 548 g/mol. The zero-order valence-corrected chi connectivity index (χ0v) is 21.0. The van der Waals surface area contributed by atoms with Gasteiger partial charge in [0, 0.05) is 26.2 Å². The van der Waals surface area contributed by atoms with Crippen molar-refractivity contribution in [3.8, 4) is 11.5 Å². The fourth-order valence-corrected chi connectivity index (χ4v) is 3.33. The molecule has 2 aromatic rings. The van der Waals surface area contributed by atoms with Crippen LogP contribution in [0.1, 0.15) is 18.9 Å². The van der Waals surface area contributed by atoms with Crippen LogP contribution in [0.3, 0.4) is 0 Å². The van der Waals surface area contributed by atoms with Gasteiger partial charge in [0.2, 0.25) is 0 Å². The molecule has 0 aromatic heterocycles. The van der Waals surface area contributed by atoms with Crippen molar-refractivity contribution in [2.75, 3.05) is 39.5 Å². The maximum atomic E-state index is 12.7. The van der Waals surface area contributed by atoms with Gasteiger partial charge in [-0.3, -0.25) is 0 Å². The molecule has 1 unspecified atom stereocenters. The molecule has 204 valence electrons. The van der Waals surface area contributed by atoms with Crippen molar-refractivity contribution in [3.63, 3.8) is 0 Å². The number of carboxylic acids is 1. The lowest BCUT2D eigenvalue weighted by Crippen LogP contribution is -2.38. The number of ether oxygens (including phenoxy) is 4.